The van der Waals surface area contributed by atoms with E-state index in [0.29, 0.717) is 6.04 Å². The van der Waals surface area contributed by atoms with E-state index in [1.807, 2.05) is 25.3 Å². The normalized spacial score (nSPS) is 12.6. The lowest BCUT2D eigenvalue weighted by Gasteiger charge is -2.18. The fourth-order valence-electron chi connectivity index (χ4n) is 2.40. The van der Waals surface area contributed by atoms with Crippen LogP contribution in [0.1, 0.15) is 46.6 Å². The van der Waals surface area contributed by atoms with Gasteiger partial charge in [-0.15, -0.1) is 11.3 Å². The minimum absolute atomic E-state index is 0.308. The molecular weight excluding hydrogens is 266 g/mol. The summed E-state index contributed by atoms with van der Waals surface area (Å²) in [5, 5.41) is 12.0. The Morgan fingerprint density at radius 2 is 1.90 bits per heavy atom. The van der Waals surface area contributed by atoms with Crippen molar-refractivity contribution in [3.05, 3.63) is 44.9 Å². The Balaban J connectivity index is 2.25. The molecule has 2 aromatic rings. The summed E-state index contributed by atoms with van der Waals surface area (Å²) < 4.78 is 0. The minimum Gasteiger partial charge on any atom is -0.313 e. The fraction of sp³-hybridized carbons (Fsp3) is 0.500. The van der Waals surface area contributed by atoms with E-state index in [-0.39, 0.29) is 0 Å². The first-order chi connectivity index (χ1) is 9.67. The van der Waals surface area contributed by atoms with Crippen LogP contribution in [-0.2, 0) is 19.3 Å². The SMILES string of the molecule is CCc1ccc(CC(NC)c2cc(C)nnc2CC)s1. The zero-order chi connectivity index (χ0) is 14.5. The van der Waals surface area contributed by atoms with Gasteiger partial charge in [-0.25, -0.2) is 0 Å². The van der Waals surface area contributed by atoms with Crippen molar-refractivity contribution < 1.29 is 0 Å². The Kier molecular flexibility index (Phi) is 5.26. The van der Waals surface area contributed by atoms with Crippen molar-refractivity contribution in [1.29, 1.82) is 0 Å². The molecule has 1 unspecified atom stereocenters. The van der Waals surface area contributed by atoms with Crippen LogP contribution in [0.25, 0.3) is 0 Å². The van der Waals surface area contributed by atoms with Gasteiger partial charge in [0.2, 0.25) is 0 Å². The maximum atomic E-state index is 4.34. The molecule has 0 aromatic carbocycles. The second kappa shape index (κ2) is 6.95. The Bertz CT molecular complexity index is 563. The lowest BCUT2D eigenvalue weighted by Crippen LogP contribution is -2.21. The second-order valence-electron chi connectivity index (χ2n) is 5.01. The zero-order valence-corrected chi connectivity index (χ0v) is 13.5. The number of hydrogen-bond donors (Lipinski definition) is 1. The molecule has 0 saturated heterocycles. The summed E-state index contributed by atoms with van der Waals surface area (Å²) >= 11 is 1.91. The number of aryl methyl sites for hydroxylation is 3. The molecule has 1 N–H and O–H groups in total. The third kappa shape index (κ3) is 3.44. The van der Waals surface area contributed by atoms with E-state index >= 15 is 0 Å². The number of nitrogens with zero attached hydrogens (tertiary/aromatic N) is 2. The van der Waals surface area contributed by atoms with Crippen molar-refractivity contribution in [3.8, 4) is 0 Å². The second-order valence-corrected chi connectivity index (χ2v) is 6.26. The van der Waals surface area contributed by atoms with Crippen molar-refractivity contribution >= 4 is 11.3 Å². The molecule has 2 heterocycles. The summed E-state index contributed by atoms with van der Waals surface area (Å²) in [6.07, 6.45) is 3.05. The van der Waals surface area contributed by atoms with E-state index in [1.54, 1.807) is 0 Å². The van der Waals surface area contributed by atoms with E-state index in [0.717, 1.165) is 30.7 Å². The highest BCUT2D eigenvalue weighted by molar-refractivity contribution is 7.11. The maximum Gasteiger partial charge on any atom is 0.0676 e. The van der Waals surface area contributed by atoms with Crippen LogP contribution in [0, 0.1) is 6.92 Å². The Morgan fingerprint density at radius 1 is 1.15 bits per heavy atom. The van der Waals surface area contributed by atoms with Gasteiger partial charge in [0.25, 0.3) is 0 Å². The van der Waals surface area contributed by atoms with Crippen molar-refractivity contribution in [3.63, 3.8) is 0 Å². The molecule has 0 bridgehead atoms. The van der Waals surface area contributed by atoms with E-state index < -0.39 is 0 Å². The van der Waals surface area contributed by atoms with Gasteiger partial charge in [-0.05, 0) is 50.6 Å². The number of likely N-dealkylation sites (N-methyl/N-ethyl adjacent to an activating group) is 1. The molecule has 0 saturated carbocycles. The number of rotatable bonds is 6. The predicted molar refractivity (Wildman–Crippen MR) is 85.3 cm³/mol. The molecule has 0 spiro atoms. The molecular formula is C16H23N3S. The molecule has 0 amide bonds. The fourth-order valence-corrected chi connectivity index (χ4v) is 3.40. The highest BCUT2D eigenvalue weighted by atomic mass is 32.1. The number of aromatic nitrogens is 2. The average Bonchev–Trinajstić information content (AvgIpc) is 2.92. The van der Waals surface area contributed by atoms with Crippen LogP contribution in [0.15, 0.2) is 18.2 Å². The Morgan fingerprint density at radius 3 is 2.50 bits per heavy atom. The van der Waals surface area contributed by atoms with Gasteiger partial charge in [-0.1, -0.05) is 13.8 Å². The van der Waals surface area contributed by atoms with Gasteiger partial charge >= 0.3 is 0 Å². The van der Waals surface area contributed by atoms with Crippen molar-refractivity contribution in [2.75, 3.05) is 7.05 Å². The molecule has 20 heavy (non-hydrogen) atoms. The molecule has 2 rings (SSSR count). The van der Waals surface area contributed by atoms with Crippen LogP contribution < -0.4 is 5.32 Å². The average molecular weight is 289 g/mol. The van der Waals surface area contributed by atoms with Gasteiger partial charge in [0.1, 0.15) is 0 Å². The van der Waals surface area contributed by atoms with Crippen molar-refractivity contribution in [2.45, 2.75) is 46.1 Å². The smallest absolute Gasteiger partial charge is 0.0676 e. The molecule has 0 radical (unpaired) electrons. The monoisotopic (exact) mass is 289 g/mol. The van der Waals surface area contributed by atoms with Crippen molar-refractivity contribution in [1.82, 2.24) is 15.5 Å². The van der Waals surface area contributed by atoms with E-state index in [9.17, 15) is 0 Å². The first-order valence-electron chi connectivity index (χ1n) is 7.25. The lowest BCUT2D eigenvalue weighted by atomic mass is 10.00. The van der Waals surface area contributed by atoms with E-state index in [4.69, 9.17) is 0 Å². The van der Waals surface area contributed by atoms with Gasteiger partial charge in [0, 0.05) is 22.2 Å². The van der Waals surface area contributed by atoms with Crippen LogP contribution in [-0.4, -0.2) is 17.2 Å². The zero-order valence-electron chi connectivity index (χ0n) is 12.7. The van der Waals surface area contributed by atoms with Gasteiger partial charge in [-0.3, -0.25) is 0 Å². The third-order valence-electron chi connectivity index (χ3n) is 3.56. The largest absolute Gasteiger partial charge is 0.313 e. The molecule has 3 nitrogen and oxygen atoms in total. The molecule has 108 valence electrons. The Labute approximate surface area is 125 Å². The summed E-state index contributed by atoms with van der Waals surface area (Å²) in [5.41, 5.74) is 3.37. The van der Waals surface area contributed by atoms with Crippen LogP contribution in [0.2, 0.25) is 0 Å². The number of hydrogen-bond acceptors (Lipinski definition) is 4. The number of thiophene rings is 1. The molecule has 2 aromatic heterocycles. The molecule has 0 aliphatic heterocycles. The summed E-state index contributed by atoms with van der Waals surface area (Å²) in [6.45, 7) is 6.34. The molecule has 0 fully saturated rings. The summed E-state index contributed by atoms with van der Waals surface area (Å²) in [5.74, 6) is 0. The summed E-state index contributed by atoms with van der Waals surface area (Å²) in [6, 6.07) is 6.97. The van der Waals surface area contributed by atoms with Gasteiger partial charge in [0.05, 0.1) is 11.4 Å². The van der Waals surface area contributed by atoms with E-state index in [2.05, 4.69) is 47.6 Å². The molecule has 1 atom stereocenters. The van der Waals surface area contributed by atoms with Gasteiger partial charge in [0.15, 0.2) is 0 Å². The van der Waals surface area contributed by atoms with Crippen LogP contribution in [0.3, 0.4) is 0 Å². The topological polar surface area (TPSA) is 37.8 Å². The minimum atomic E-state index is 0.308. The first kappa shape index (κ1) is 15.1. The standard InChI is InChI=1S/C16H23N3S/c1-5-12-7-8-13(20-12)10-16(17-4)14-9-11(3)18-19-15(14)6-2/h7-9,16-17H,5-6,10H2,1-4H3. The van der Waals surface area contributed by atoms with Crippen LogP contribution in [0.5, 0.6) is 0 Å². The molecule has 0 aliphatic rings. The number of nitrogens with one attached hydrogen (secondary N) is 1. The maximum absolute atomic E-state index is 4.34. The predicted octanol–water partition coefficient (Wildman–Crippen LogP) is 3.47. The van der Waals surface area contributed by atoms with E-state index in [1.165, 1.54) is 15.3 Å². The quantitative estimate of drug-likeness (QED) is 0.885. The molecule has 4 heteroatoms. The lowest BCUT2D eigenvalue weighted by molar-refractivity contribution is 0.583. The molecule has 0 aliphatic carbocycles. The summed E-state index contributed by atoms with van der Waals surface area (Å²) in [7, 11) is 2.02. The third-order valence-corrected chi connectivity index (χ3v) is 4.81. The van der Waals surface area contributed by atoms with Crippen LogP contribution in [0.4, 0.5) is 0 Å². The van der Waals surface area contributed by atoms with Gasteiger partial charge < -0.3 is 5.32 Å². The highest BCUT2D eigenvalue weighted by Crippen LogP contribution is 2.25. The Hall–Kier alpha value is -1.26. The summed E-state index contributed by atoms with van der Waals surface area (Å²) in [4.78, 5) is 2.88. The first-order valence-corrected chi connectivity index (χ1v) is 8.07. The van der Waals surface area contributed by atoms with Crippen molar-refractivity contribution in [2.24, 2.45) is 0 Å². The highest BCUT2D eigenvalue weighted by Gasteiger charge is 2.16. The van der Waals surface area contributed by atoms with Gasteiger partial charge in [-0.2, -0.15) is 10.2 Å². The van der Waals surface area contributed by atoms with Crippen LogP contribution >= 0.6 is 11.3 Å².